The number of guanidine groups is 1. The van der Waals surface area contributed by atoms with E-state index in [4.69, 9.17) is 33.3 Å². The Morgan fingerprint density at radius 1 is 1.32 bits per heavy atom. The van der Waals surface area contributed by atoms with Crippen LogP contribution in [0.15, 0.2) is 30.6 Å². The number of amides is 2. The number of ether oxygens (including phenoxy) is 1. The zero-order chi connectivity index (χ0) is 23.8. The fourth-order valence-electron chi connectivity index (χ4n) is 4.30. The molecule has 0 bridgehead atoms. The Bertz CT molecular complexity index is 1080. The Morgan fingerprint density at radius 2 is 2.03 bits per heavy atom. The van der Waals surface area contributed by atoms with Gasteiger partial charge in [-0.1, -0.05) is 35.3 Å². The summed E-state index contributed by atoms with van der Waals surface area (Å²) >= 11 is 12.4. The van der Waals surface area contributed by atoms with Gasteiger partial charge in [-0.05, 0) is 38.3 Å². The monoisotopic (exact) mass is 526 g/mol. The van der Waals surface area contributed by atoms with E-state index in [9.17, 15) is 9.59 Å². The van der Waals surface area contributed by atoms with Crippen LogP contribution in [-0.2, 0) is 15.1 Å². The van der Waals surface area contributed by atoms with Crippen molar-refractivity contribution in [2.45, 2.75) is 50.8 Å². The molecule has 2 saturated heterocycles. The SMILES string of the molecule is C[C@@H]1C[C@H](N2C(=N)N[C@](C)(c3cccc(NC(=O)c4ncc(Cl)cn4)c3Cl)CC2=O)CCO1.Cl. The molecule has 0 radical (unpaired) electrons. The lowest BCUT2D eigenvalue weighted by molar-refractivity contribution is -0.134. The minimum Gasteiger partial charge on any atom is -0.378 e. The van der Waals surface area contributed by atoms with Crippen LogP contribution in [0.3, 0.4) is 0 Å². The van der Waals surface area contributed by atoms with Gasteiger partial charge in [-0.3, -0.25) is 19.9 Å². The molecular weight excluding hydrogens is 503 g/mol. The lowest BCUT2D eigenvalue weighted by Crippen LogP contribution is -2.63. The van der Waals surface area contributed by atoms with Gasteiger partial charge in [0, 0.05) is 25.0 Å². The van der Waals surface area contributed by atoms with Crippen molar-refractivity contribution in [1.29, 1.82) is 5.41 Å². The van der Waals surface area contributed by atoms with Crippen LogP contribution in [0.25, 0.3) is 0 Å². The molecule has 0 spiro atoms. The summed E-state index contributed by atoms with van der Waals surface area (Å²) in [5.41, 5.74) is 0.0215. The second-order valence-electron chi connectivity index (χ2n) is 8.45. The molecule has 0 unspecified atom stereocenters. The van der Waals surface area contributed by atoms with Crippen molar-refractivity contribution >= 4 is 59.1 Å². The third-order valence-electron chi connectivity index (χ3n) is 5.90. The van der Waals surface area contributed by atoms with Gasteiger partial charge < -0.3 is 15.4 Å². The number of halogens is 3. The molecule has 4 rings (SSSR count). The lowest BCUT2D eigenvalue weighted by Gasteiger charge is -2.45. The Balaban J connectivity index is 0.00000324. The van der Waals surface area contributed by atoms with E-state index < -0.39 is 11.4 Å². The van der Waals surface area contributed by atoms with Gasteiger partial charge in [0.25, 0.3) is 5.91 Å². The highest BCUT2D eigenvalue weighted by molar-refractivity contribution is 6.35. The molecular formula is C22H25Cl3N6O3. The zero-order valence-corrected chi connectivity index (χ0v) is 20.9. The first-order chi connectivity index (χ1) is 15.7. The van der Waals surface area contributed by atoms with E-state index in [0.717, 1.165) is 0 Å². The number of rotatable bonds is 4. The standard InChI is InChI=1S/C22H24Cl2N6O3.ClH/c1-12-8-14(6-7-33-12)30-17(31)9-22(2,29-21(30)25)15-4-3-5-16(18(15)24)28-20(32)19-26-10-13(23)11-27-19;/h3-5,10-12,14H,6-9H2,1-2H3,(H2,25,29)(H,28,32);1H/t12-,14-,22+;/m1./s1. The second-order valence-corrected chi connectivity index (χ2v) is 9.27. The van der Waals surface area contributed by atoms with E-state index in [2.05, 4.69) is 20.6 Å². The van der Waals surface area contributed by atoms with E-state index in [1.807, 2.05) is 13.8 Å². The molecule has 34 heavy (non-hydrogen) atoms. The van der Waals surface area contributed by atoms with Gasteiger partial charge in [0.1, 0.15) is 0 Å². The molecule has 2 amide bonds. The molecule has 1 aromatic carbocycles. The number of hydrogen-bond donors (Lipinski definition) is 3. The maximum absolute atomic E-state index is 13.2. The normalized spacial score (nSPS) is 24.8. The van der Waals surface area contributed by atoms with Crippen molar-refractivity contribution in [2.75, 3.05) is 11.9 Å². The quantitative estimate of drug-likeness (QED) is 0.553. The molecule has 0 aliphatic carbocycles. The molecule has 1 aromatic heterocycles. The number of nitrogens with zero attached hydrogens (tertiary/aromatic N) is 3. The van der Waals surface area contributed by atoms with Crippen LogP contribution in [-0.4, -0.2) is 51.4 Å². The van der Waals surface area contributed by atoms with Crippen LogP contribution in [0.2, 0.25) is 10.0 Å². The number of carbonyl (C=O) groups excluding carboxylic acids is 2. The number of anilines is 1. The molecule has 182 valence electrons. The van der Waals surface area contributed by atoms with Crippen LogP contribution in [0, 0.1) is 5.41 Å². The van der Waals surface area contributed by atoms with E-state index in [-0.39, 0.29) is 53.7 Å². The predicted molar refractivity (Wildman–Crippen MR) is 132 cm³/mol. The highest BCUT2D eigenvalue weighted by Crippen LogP contribution is 2.38. The van der Waals surface area contributed by atoms with E-state index in [1.54, 1.807) is 18.2 Å². The average molecular weight is 528 g/mol. The Hall–Kier alpha value is -2.46. The lowest BCUT2D eigenvalue weighted by atomic mass is 9.85. The number of nitrogens with one attached hydrogen (secondary N) is 3. The minimum atomic E-state index is -0.921. The summed E-state index contributed by atoms with van der Waals surface area (Å²) in [5, 5.41) is 15.0. The maximum atomic E-state index is 13.2. The Morgan fingerprint density at radius 3 is 2.68 bits per heavy atom. The van der Waals surface area contributed by atoms with Crippen LogP contribution in [0.5, 0.6) is 0 Å². The van der Waals surface area contributed by atoms with Crippen LogP contribution in [0.1, 0.15) is 49.3 Å². The van der Waals surface area contributed by atoms with Gasteiger partial charge in [0.15, 0.2) is 5.96 Å². The highest BCUT2D eigenvalue weighted by Gasteiger charge is 2.43. The van der Waals surface area contributed by atoms with Crippen molar-refractivity contribution in [3.63, 3.8) is 0 Å². The molecule has 2 fully saturated rings. The fraction of sp³-hybridized carbons (Fsp3) is 0.409. The van der Waals surface area contributed by atoms with E-state index >= 15 is 0 Å². The predicted octanol–water partition coefficient (Wildman–Crippen LogP) is 4.00. The summed E-state index contributed by atoms with van der Waals surface area (Å²) in [5.74, 6) is -0.717. The van der Waals surface area contributed by atoms with E-state index in [1.165, 1.54) is 17.3 Å². The minimum absolute atomic E-state index is 0. The molecule has 12 heteroatoms. The van der Waals surface area contributed by atoms with E-state index in [0.29, 0.717) is 35.7 Å². The van der Waals surface area contributed by atoms with Crippen molar-refractivity contribution in [1.82, 2.24) is 20.2 Å². The molecule has 9 nitrogen and oxygen atoms in total. The molecule has 3 N–H and O–H groups in total. The summed E-state index contributed by atoms with van der Waals surface area (Å²) in [4.78, 5) is 35.0. The summed E-state index contributed by atoms with van der Waals surface area (Å²) in [7, 11) is 0. The van der Waals surface area contributed by atoms with Gasteiger partial charge in [0.05, 0.1) is 33.8 Å². The fourth-order valence-corrected chi connectivity index (χ4v) is 4.78. The summed E-state index contributed by atoms with van der Waals surface area (Å²) in [6.45, 7) is 4.35. The highest BCUT2D eigenvalue weighted by atomic mass is 35.5. The first kappa shape index (κ1) is 26.2. The zero-order valence-electron chi connectivity index (χ0n) is 18.6. The number of aromatic nitrogens is 2. The largest absolute Gasteiger partial charge is 0.378 e. The molecule has 2 aromatic rings. The number of hydrogen-bond acceptors (Lipinski definition) is 6. The van der Waals surface area contributed by atoms with Crippen molar-refractivity contribution in [3.8, 4) is 0 Å². The summed E-state index contributed by atoms with van der Waals surface area (Å²) < 4.78 is 5.58. The van der Waals surface area contributed by atoms with Gasteiger partial charge in [-0.15, -0.1) is 12.4 Å². The maximum Gasteiger partial charge on any atom is 0.293 e. The van der Waals surface area contributed by atoms with Gasteiger partial charge in [-0.25, -0.2) is 9.97 Å². The summed E-state index contributed by atoms with van der Waals surface area (Å²) in [6.07, 6.45) is 4.18. The number of benzene rings is 1. The van der Waals surface area contributed by atoms with Crippen LogP contribution < -0.4 is 10.6 Å². The van der Waals surface area contributed by atoms with Crippen molar-refractivity contribution in [3.05, 3.63) is 52.0 Å². The molecule has 2 aliphatic heterocycles. The van der Waals surface area contributed by atoms with Gasteiger partial charge >= 0.3 is 0 Å². The first-order valence-electron chi connectivity index (χ1n) is 10.6. The molecule has 3 atom stereocenters. The number of carbonyl (C=O) groups is 2. The van der Waals surface area contributed by atoms with Gasteiger partial charge in [-0.2, -0.15) is 0 Å². The second kappa shape index (κ2) is 10.4. The third kappa shape index (κ3) is 5.27. The molecule has 3 heterocycles. The first-order valence-corrected chi connectivity index (χ1v) is 11.3. The van der Waals surface area contributed by atoms with Crippen LogP contribution in [0.4, 0.5) is 5.69 Å². The Labute approximate surface area is 213 Å². The average Bonchev–Trinajstić information content (AvgIpc) is 2.75. The molecule has 0 saturated carbocycles. The van der Waals surface area contributed by atoms with Gasteiger partial charge in [0.2, 0.25) is 11.7 Å². The topological polar surface area (TPSA) is 120 Å². The van der Waals surface area contributed by atoms with Crippen molar-refractivity contribution < 1.29 is 14.3 Å². The third-order valence-corrected chi connectivity index (χ3v) is 6.50. The van der Waals surface area contributed by atoms with Crippen molar-refractivity contribution in [2.24, 2.45) is 0 Å². The van der Waals surface area contributed by atoms with Crippen LogP contribution >= 0.6 is 35.6 Å². The smallest absolute Gasteiger partial charge is 0.293 e. The Kier molecular flexibility index (Phi) is 8.02. The molecule has 2 aliphatic rings. The summed E-state index contributed by atoms with van der Waals surface area (Å²) in [6, 6.07) is 5.07.